The highest BCUT2D eigenvalue weighted by Gasteiger charge is 2.06. The van der Waals surface area contributed by atoms with E-state index in [1.807, 2.05) is 72.8 Å². The second-order valence-corrected chi connectivity index (χ2v) is 7.26. The van der Waals surface area contributed by atoms with Crippen molar-refractivity contribution in [2.24, 2.45) is 0 Å². The van der Waals surface area contributed by atoms with Gasteiger partial charge in [0.25, 0.3) is 5.56 Å². The monoisotopic (exact) mass is 412 g/mol. The number of fused-ring (bicyclic) bond motifs is 1. The average Bonchev–Trinajstić information content (AvgIpc) is 2.81. The molecule has 0 unspecified atom stereocenters. The van der Waals surface area contributed by atoms with Crippen LogP contribution >= 0.6 is 0 Å². The smallest absolute Gasteiger partial charge is 0.319 e. The molecule has 0 fully saturated rings. The number of anilines is 1. The Bertz CT molecular complexity index is 1230. The first kappa shape index (κ1) is 20.3. The van der Waals surface area contributed by atoms with Crippen LogP contribution in [0.4, 0.5) is 10.5 Å². The number of nitrogens with one attached hydrogen (secondary N) is 2. The molecule has 0 aliphatic heterocycles. The van der Waals surface area contributed by atoms with E-state index in [0.29, 0.717) is 13.1 Å². The molecule has 6 heteroatoms. The normalized spacial score (nSPS) is 10.7. The van der Waals surface area contributed by atoms with Gasteiger partial charge in [0, 0.05) is 30.1 Å². The fourth-order valence-electron chi connectivity index (χ4n) is 3.46. The Balaban J connectivity index is 1.27. The summed E-state index contributed by atoms with van der Waals surface area (Å²) in [5.41, 5.74) is 2.40. The number of benzene rings is 3. The van der Waals surface area contributed by atoms with E-state index in [-0.39, 0.29) is 11.6 Å². The molecule has 0 radical (unpaired) electrons. The Morgan fingerprint density at radius 2 is 1.61 bits per heavy atom. The van der Waals surface area contributed by atoms with Crippen LogP contribution < -0.4 is 16.2 Å². The minimum Gasteiger partial charge on any atom is -0.338 e. The molecule has 1 heterocycles. The van der Waals surface area contributed by atoms with Crippen LogP contribution in [0, 0.1) is 0 Å². The molecule has 6 nitrogen and oxygen atoms in total. The highest BCUT2D eigenvalue weighted by atomic mass is 16.2. The first-order valence-electron chi connectivity index (χ1n) is 10.4. The van der Waals surface area contributed by atoms with E-state index >= 15 is 0 Å². The first-order valence-corrected chi connectivity index (χ1v) is 10.4. The van der Waals surface area contributed by atoms with E-state index in [1.54, 1.807) is 12.1 Å². The molecule has 0 aliphatic rings. The van der Waals surface area contributed by atoms with Crippen molar-refractivity contribution in [2.75, 3.05) is 11.9 Å². The van der Waals surface area contributed by atoms with Crippen molar-refractivity contribution in [3.63, 3.8) is 0 Å². The Hall–Kier alpha value is -3.93. The molecule has 4 rings (SSSR count). The Morgan fingerprint density at radius 1 is 0.839 bits per heavy atom. The van der Waals surface area contributed by atoms with Gasteiger partial charge < -0.3 is 10.6 Å². The van der Waals surface area contributed by atoms with Crippen LogP contribution in [-0.2, 0) is 6.54 Å². The second-order valence-electron chi connectivity index (χ2n) is 7.26. The summed E-state index contributed by atoms with van der Waals surface area (Å²) in [5.74, 6) is 0. The number of carbonyl (C=O) groups excluding carboxylic acids is 1. The molecule has 2 amide bonds. The summed E-state index contributed by atoms with van der Waals surface area (Å²) in [6.45, 7) is 1.02. The maximum Gasteiger partial charge on any atom is 0.319 e. The maximum absolute atomic E-state index is 12.3. The number of unbranched alkanes of at least 4 members (excludes halogenated alkanes) is 1. The van der Waals surface area contributed by atoms with E-state index < -0.39 is 0 Å². The number of aryl methyl sites for hydroxylation is 1. The third-order valence-electron chi connectivity index (χ3n) is 5.06. The summed E-state index contributed by atoms with van der Waals surface area (Å²) in [6.07, 6.45) is 1.48. The molecule has 31 heavy (non-hydrogen) atoms. The number of hydrogen-bond acceptors (Lipinski definition) is 3. The lowest BCUT2D eigenvalue weighted by Gasteiger charge is -2.10. The summed E-state index contributed by atoms with van der Waals surface area (Å²) >= 11 is 0. The van der Waals surface area contributed by atoms with Gasteiger partial charge in [0.15, 0.2) is 0 Å². The molecule has 0 atom stereocenters. The quantitative estimate of drug-likeness (QED) is 0.433. The van der Waals surface area contributed by atoms with Crippen molar-refractivity contribution in [1.29, 1.82) is 0 Å². The lowest BCUT2D eigenvalue weighted by molar-refractivity contribution is 0.252. The Kier molecular flexibility index (Phi) is 6.38. The third kappa shape index (κ3) is 5.17. The van der Waals surface area contributed by atoms with Crippen LogP contribution in [-0.4, -0.2) is 22.4 Å². The average molecular weight is 412 g/mol. The van der Waals surface area contributed by atoms with Gasteiger partial charge in [0.1, 0.15) is 0 Å². The highest BCUT2D eigenvalue weighted by molar-refractivity contribution is 6.01. The molecule has 0 spiro atoms. The minimum atomic E-state index is -0.238. The fourth-order valence-corrected chi connectivity index (χ4v) is 3.46. The van der Waals surface area contributed by atoms with Crippen LogP contribution in [0.1, 0.15) is 12.8 Å². The van der Waals surface area contributed by atoms with Gasteiger partial charge >= 0.3 is 6.03 Å². The standard InChI is InChI=1S/C25H24N4O2/c30-24-16-15-22(20-10-2-1-3-11-20)28-29(24)18-7-6-17-26-25(31)27-23-14-8-12-19-9-4-5-13-21(19)23/h1-5,8-16H,6-7,17-18H2,(H2,26,27,31). The summed E-state index contributed by atoms with van der Waals surface area (Å²) in [5, 5.41) is 12.3. The number of aromatic nitrogens is 2. The Morgan fingerprint density at radius 3 is 2.48 bits per heavy atom. The zero-order valence-corrected chi connectivity index (χ0v) is 17.1. The highest BCUT2D eigenvalue weighted by Crippen LogP contribution is 2.22. The van der Waals surface area contributed by atoms with Gasteiger partial charge in [-0.05, 0) is 30.4 Å². The summed E-state index contributed by atoms with van der Waals surface area (Å²) in [7, 11) is 0. The summed E-state index contributed by atoms with van der Waals surface area (Å²) < 4.78 is 1.48. The third-order valence-corrected chi connectivity index (χ3v) is 5.06. The maximum atomic E-state index is 12.3. The second kappa shape index (κ2) is 9.71. The molecule has 0 saturated heterocycles. The summed E-state index contributed by atoms with van der Waals surface area (Å²) in [4.78, 5) is 24.4. The predicted molar refractivity (Wildman–Crippen MR) is 124 cm³/mol. The number of urea groups is 1. The topological polar surface area (TPSA) is 76.0 Å². The molecule has 4 aromatic rings. The molecular formula is C25H24N4O2. The van der Waals surface area contributed by atoms with Crippen LogP contribution in [0.2, 0.25) is 0 Å². The van der Waals surface area contributed by atoms with E-state index in [4.69, 9.17) is 0 Å². The van der Waals surface area contributed by atoms with Crippen molar-refractivity contribution < 1.29 is 4.79 Å². The molecular weight excluding hydrogens is 388 g/mol. The van der Waals surface area contributed by atoms with Gasteiger partial charge in [-0.3, -0.25) is 4.79 Å². The molecule has 156 valence electrons. The number of carbonyl (C=O) groups is 1. The number of nitrogens with zero attached hydrogens (tertiary/aromatic N) is 2. The number of hydrogen-bond donors (Lipinski definition) is 2. The molecule has 0 bridgehead atoms. The molecule has 1 aromatic heterocycles. The fraction of sp³-hybridized carbons (Fsp3) is 0.160. The zero-order valence-electron chi connectivity index (χ0n) is 17.1. The number of rotatable bonds is 7. The van der Waals surface area contributed by atoms with E-state index in [0.717, 1.165) is 40.6 Å². The van der Waals surface area contributed by atoms with Crippen molar-refractivity contribution in [2.45, 2.75) is 19.4 Å². The van der Waals surface area contributed by atoms with Gasteiger partial charge in [0.05, 0.1) is 11.4 Å². The van der Waals surface area contributed by atoms with Crippen LogP contribution in [0.25, 0.3) is 22.0 Å². The van der Waals surface area contributed by atoms with Crippen molar-refractivity contribution >= 4 is 22.5 Å². The van der Waals surface area contributed by atoms with Crippen molar-refractivity contribution in [3.8, 4) is 11.3 Å². The van der Waals surface area contributed by atoms with Crippen LogP contribution in [0.15, 0.2) is 89.7 Å². The molecule has 2 N–H and O–H groups in total. The van der Waals surface area contributed by atoms with Gasteiger partial charge in [0.2, 0.25) is 0 Å². The largest absolute Gasteiger partial charge is 0.338 e. The predicted octanol–water partition coefficient (Wildman–Crippen LogP) is 4.67. The lowest BCUT2D eigenvalue weighted by atomic mass is 10.1. The van der Waals surface area contributed by atoms with Gasteiger partial charge in [-0.25, -0.2) is 9.48 Å². The van der Waals surface area contributed by atoms with E-state index in [9.17, 15) is 9.59 Å². The molecule has 3 aromatic carbocycles. The minimum absolute atomic E-state index is 0.124. The lowest BCUT2D eigenvalue weighted by Crippen LogP contribution is -2.30. The van der Waals surface area contributed by atoms with E-state index in [1.165, 1.54) is 4.68 Å². The van der Waals surface area contributed by atoms with E-state index in [2.05, 4.69) is 15.7 Å². The Labute approximate surface area is 180 Å². The van der Waals surface area contributed by atoms with Gasteiger partial charge in [-0.15, -0.1) is 0 Å². The zero-order chi connectivity index (χ0) is 21.5. The van der Waals surface area contributed by atoms with Gasteiger partial charge in [-0.2, -0.15) is 5.10 Å². The first-order chi connectivity index (χ1) is 15.2. The van der Waals surface area contributed by atoms with Crippen molar-refractivity contribution in [3.05, 3.63) is 95.3 Å². The molecule has 0 saturated carbocycles. The van der Waals surface area contributed by atoms with Crippen LogP contribution in [0.3, 0.4) is 0 Å². The van der Waals surface area contributed by atoms with Crippen molar-refractivity contribution in [1.82, 2.24) is 15.1 Å². The van der Waals surface area contributed by atoms with Crippen LogP contribution in [0.5, 0.6) is 0 Å². The van der Waals surface area contributed by atoms with Gasteiger partial charge in [-0.1, -0.05) is 66.7 Å². The summed E-state index contributed by atoms with van der Waals surface area (Å²) in [6, 6.07) is 26.6. The molecule has 0 aliphatic carbocycles. The number of amides is 2. The SMILES string of the molecule is O=C(NCCCCn1nc(-c2ccccc2)ccc1=O)Nc1cccc2ccccc12.